The molecule has 1 aromatic carbocycles. The number of rotatable bonds is 7. The van der Waals surface area contributed by atoms with Gasteiger partial charge in [0.05, 0.1) is 30.5 Å². The molecule has 11 heteroatoms. The van der Waals surface area contributed by atoms with Gasteiger partial charge in [-0.25, -0.2) is 9.19 Å². The molecule has 2 aromatic heterocycles. The fourth-order valence-electron chi connectivity index (χ4n) is 3.48. The number of nitrogens with one attached hydrogen (secondary N) is 2. The Balaban J connectivity index is 1.33. The summed E-state index contributed by atoms with van der Waals surface area (Å²) < 4.78 is 18.5. The van der Waals surface area contributed by atoms with E-state index in [2.05, 4.69) is 39.6 Å². The first-order valence-corrected chi connectivity index (χ1v) is 12.8. The van der Waals surface area contributed by atoms with Crippen LogP contribution in [-0.2, 0) is 20.5 Å². The Kier molecular flexibility index (Phi) is 7.21. The Bertz CT molecular complexity index is 1180. The minimum atomic E-state index is -1.24. The highest BCUT2D eigenvalue weighted by Crippen LogP contribution is 2.28. The largest absolute Gasteiger partial charge is 0.375 e. The number of hydrogen-bond donors (Lipinski definition) is 2. The second kappa shape index (κ2) is 10.3. The predicted molar refractivity (Wildman–Crippen MR) is 130 cm³/mol. The molecule has 1 fully saturated rings. The van der Waals surface area contributed by atoms with Crippen molar-refractivity contribution in [2.24, 2.45) is 0 Å². The maximum Gasteiger partial charge on any atom is 0.253 e. The average Bonchev–Trinajstić information content (AvgIpc) is 3.48. The first kappa shape index (κ1) is 23.1. The molecule has 2 unspecified atom stereocenters. The smallest absolute Gasteiger partial charge is 0.253 e. The molecule has 3 aromatic rings. The fourth-order valence-corrected chi connectivity index (χ4v) is 4.71. The third-order valence-corrected chi connectivity index (χ3v) is 6.71. The van der Waals surface area contributed by atoms with E-state index in [0.29, 0.717) is 17.3 Å². The summed E-state index contributed by atoms with van der Waals surface area (Å²) in [5, 5.41) is 7.63. The summed E-state index contributed by atoms with van der Waals surface area (Å²) in [6.45, 7) is 4.27. The highest BCUT2D eigenvalue weighted by Gasteiger charge is 2.18. The Morgan fingerprint density at radius 1 is 1.33 bits per heavy atom. The van der Waals surface area contributed by atoms with E-state index in [1.165, 1.54) is 27.8 Å². The van der Waals surface area contributed by atoms with Crippen LogP contribution in [0.4, 0.5) is 10.8 Å². The van der Waals surface area contributed by atoms with Crippen molar-refractivity contribution in [3.8, 4) is 11.3 Å². The van der Waals surface area contributed by atoms with E-state index < -0.39 is 16.9 Å². The van der Waals surface area contributed by atoms with Gasteiger partial charge in [-0.05, 0) is 25.1 Å². The van der Waals surface area contributed by atoms with Crippen molar-refractivity contribution in [1.82, 2.24) is 14.3 Å². The minimum absolute atomic E-state index is 0.194. The highest BCUT2D eigenvalue weighted by molar-refractivity contribution is 7.82. The zero-order valence-electron chi connectivity index (χ0n) is 18.3. The lowest BCUT2D eigenvalue weighted by Crippen LogP contribution is -2.41. The maximum absolute atomic E-state index is 12.3. The molecule has 2 N–H and O–H groups in total. The van der Waals surface area contributed by atoms with Crippen molar-refractivity contribution in [2.75, 3.05) is 42.7 Å². The maximum atomic E-state index is 12.3. The first-order valence-electron chi connectivity index (χ1n) is 10.4. The lowest BCUT2D eigenvalue weighted by Gasteiger charge is -2.33. The lowest BCUT2D eigenvalue weighted by molar-refractivity contribution is -0.115. The molecule has 9 nitrogen and oxygen atoms in total. The van der Waals surface area contributed by atoms with Crippen LogP contribution in [0.25, 0.3) is 11.3 Å². The van der Waals surface area contributed by atoms with E-state index in [-0.39, 0.29) is 18.6 Å². The standard InChI is InChI=1S/C22H25N5O4S2/c1-15-12-26(8-9-31-15)18-5-3-4-16(10-18)19-14-32-22(24-19)25-20(28)11-23-21(29)17-6-7-27(13-17)33(2)30/h3-7,10,13-15H,8-9,11-12H2,1-2H3,(H,23,29)(H,24,25,28). The SMILES string of the molecule is CC1CN(c2cccc(-c3csc(NC(=O)CNC(=O)c4ccn(S(C)=O)c4)n3)c2)CCO1. The Morgan fingerprint density at radius 3 is 2.94 bits per heavy atom. The van der Waals surface area contributed by atoms with Crippen molar-refractivity contribution >= 4 is 45.0 Å². The van der Waals surface area contributed by atoms with Gasteiger partial charge in [0.15, 0.2) is 5.13 Å². The number of morpholine rings is 1. The van der Waals surface area contributed by atoms with Crippen LogP contribution in [0.3, 0.4) is 0 Å². The van der Waals surface area contributed by atoms with Crippen molar-refractivity contribution < 1.29 is 18.5 Å². The van der Waals surface area contributed by atoms with E-state index in [4.69, 9.17) is 4.74 Å². The molecule has 0 aliphatic carbocycles. The van der Waals surface area contributed by atoms with Crippen molar-refractivity contribution in [2.45, 2.75) is 13.0 Å². The number of nitrogens with zero attached hydrogens (tertiary/aromatic N) is 3. The van der Waals surface area contributed by atoms with Gasteiger partial charge in [0.2, 0.25) is 5.91 Å². The number of amides is 2. The van der Waals surface area contributed by atoms with E-state index in [9.17, 15) is 13.8 Å². The van der Waals surface area contributed by atoms with Gasteiger partial charge in [0.1, 0.15) is 11.0 Å². The molecule has 1 aliphatic rings. The average molecular weight is 488 g/mol. The minimum Gasteiger partial charge on any atom is -0.375 e. The second-order valence-corrected chi connectivity index (χ2v) is 9.76. The number of thiazole rings is 1. The molecule has 3 heterocycles. The second-order valence-electron chi connectivity index (χ2n) is 7.63. The van der Waals surface area contributed by atoms with E-state index in [1.54, 1.807) is 12.3 Å². The van der Waals surface area contributed by atoms with Gasteiger partial charge in [0.25, 0.3) is 5.91 Å². The van der Waals surface area contributed by atoms with Crippen LogP contribution in [-0.4, -0.2) is 63.6 Å². The molecule has 2 amide bonds. The van der Waals surface area contributed by atoms with Gasteiger partial charge >= 0.3 is 0 Å². The molecule has 33 heavy (non-hydrogen) atoms. The van der Waals surface area contributed by atoms with Gasteiger partial charge in [-0.3, -0.25) is 13.6 Å². The first-order chi connectivity index (χ1) is 15.9. The molecule has 0 saturated carbocycles. The van der Waals surface area contributed by atoms with Gasteiger partial charge in [0, 0.05) is 48.4 Å². The Hall–Kier alpha value is -3.02. The molecular formula is C22H25N5O4S2. The number of carbonyl (C=O) groups is 2. The van der Waals surface area contributed by atoms with E-state index in [0.717, 1.165) is 30.0 Å². The summed E-state index contributed by atoms with van der Waals surface area (Å²) in [5.41, 5.74) is 3.19. The summed E-state index contributed by atoms with van der Waals surface area (Å²) in [7, 11) is -1.24. The zero-order valence-corrected chi connectivity index (χ0v) is 19.9. The number of carbonyl (C=O) groups excluding carboxylic acids is 2. The van der Waals surface area contributed by atoms with Crippen LogP contribution >= 0.6 is 11.3 Å². The number of benzene rings is 1. The molecular weight excluding hydrogens is 462 g/mol. The molecule has 1 aliphatic heterocycles. The molecule has 4 rings (SSSR count). The fraction of sp³-hybridized carbons (Fsp3) is 0.318. The third kappa shape index (κ3) is 5.86. The molecule has 0 spiro atoms. The van der Waals surface area contributed by atoms with Crippen LogP contribution in [0.5, 0.6) is 0 Å². The van der Waals surface area contributed by atoms with Gasteiger partial charge in [-0.15, -0.1) is 11.3 Å². The molecule has 1 saturated heterocycles. The van der Waals surface area contributed by atoms with Crippen LogP contribution in [0.2, 0.25) is 0 Å². The number of aromatic nitrogens is 2. The van der Waals surface area contributed by atoms with Gasteiger partial charge in [-0.2, -0.15) is 0 Å². The Labute approximate surface area is 198 Å². The van der Waals surface area contributed by atoms with Crippen molar-refractivity contribution in [3.63, 3.8) is 0 Å². The van der Waals surface area contributed by atoms with E-state index >= 15 is 0 Å². The normalized spacial score (nSPS) is 16.9. The predicted octanol–water partition coefficient (Wildman–Crippen LogP) is 2.35. The monoisotopic (exact) mass is 487 g/mol. The lowest BCUT2D eigenvalue weighted by atomic mass is 10.1. The third-order valence-electron chi connectivity index (χ3n) is 5.13. The summed E-state index contributed by atoms with van der Waals surface area (Å²) in [4.78, 5) is 31.3. The molecule has 174 valence electrons. The molecule has 2 atom stereocenters. The zero-order chi connectivity index (χ0) is 23.4. The van der Waals surface area contributed by atoms with Crippen LogP contribution < -0.4 is 15.5 Å². The molecule has 0 bridgehead atoms. The summed E-state index contributed by atoms with van der Waals surface area (Å²) >= 11 is 1.33. The van der Waals surface area contributed by atoms with E-state index in [1.807, 2.05) is 17.5 Å². The van der Waals surface area contributed by atoms with Crippen LogP contribution in [0.1, 0.15) is 17.3 Å². The number of hydrogen-bond acceptors (Lipinski definition) is 7. The number of ether oxygens (including phenoxy) is 1. The Morgan fingerprint density at radius 2 is 2.18 bits per heavy atom. The molecule has 0 radical (unpaired) electrons. The topological polar surface area (TPSA) is 106 Å². The summed E-state index contributed by atoms with van der Waals surface area (Å²) in [6, 6.07) is 9.70. The summed E-state index contributed by atoms with van der Waals surface area (Å²) in [6.07, 6.45) is 4.73. The van der Waals surface area contributed by atoms with Crippen LogP contribution in [0.15, 0.2) is 48.1 Å². The summed E-state index contributed by atoms with van der Waals surface area (Å²) in [5.74, 6) is -0.790. The highest BCUT2D eigenvalue weighted by atomic mass is 32.2. The van der Waals surface area contributed by atoms with Crippen molar-refractivity contribution in [3.05, 3.63) is 53.7 Å². The quantitative estimate of drug-likeness (QED) is 0.530. The van der Waals surface area contributed by atoms with Gasteiger partial charge < -0.3 is 20.3 Å². The van der Waals surface area contributed by atoms with Gasteiger partial charge in [-0.1, -0.05) is 12.1 Å². The van der Waals surface area contributed by atoms with Crippen molar-refractivity contribution in [1.29, 1.82) is 0 Å². The van der Waals surface area contributed by atoms with Crippen LogP contribution in [0, 0.1) is 0 Å². The number of anilines is 2.